The second-order valence-electron chi connectivity index (χ2n) is 6.85. The number of carbonyl (C=O) groups excluding carboxylic acids is 1. The number of rotatable bonds is 6. The molecule has 0 aliphatic heterocycles. The lowest BCUT2D eigenvalue weighted by Gasteiger charge is -2.15. The van der Waals surface area contributed by atoms with E-state index >= 15 is 0 Å². The van der Waals surface area contributed by atoms with Crippen LogP contribution in [0.15, 0.2) is 53.3 Å². The van der Waals surface area contributed by atoms with E-state index in [2.05, 4.69) is 15.6 Å². The summed E-state index contributed by atoms with van der Waals surface area (Å²) in [6, 6.07) is 14.3. The highest BCUT2D eigenvalue weighted by atomic mass is 16.5. The molecule has 3 rings (SSSR count). The minimum absolute atomic E-state index is 0.161. The Morgan fingerprint density at radius 1 is 1.00 bits per heavy atom. The minimum Gasteiger partial charge on any atom is -0.497 e. The normalized spacial score (nSPS) is 10.5. The summed E-state index contributed by atoms with van der Waals surface area (Å²) in [7, 11) is 1.58. The maximum atomic E-state index is 12.5. The van der Waals surface area contributed by atoms with Gasteiger partial charge in [0.15, 0.2) is 0 Å². The van der Waals surface area contributed by atoms with Crippen molar-refractivity contribution in [1.82, 2.24) is 9.55 Å². The van der Waals surface area contributed by atoms with Crippen LogP contribution in [0.5, 0.6) is 5.75 Å². The first-order valence-corrected chi connectivity index (χ1v) is 9.22. The molecule has 0 unspecified atom stereocenters. The van der Waals surface area contributed by atoms with Crippen molar-refractivity contribution in [2.75, 3.05) is 17.7 Å². The molecule has 7 heteroatoms. The van der Waals surface area contributed by atoms with E-state index in [-0.39, 0.29) is 18.0 Å². The summed E-state index contributed by atoms with van der Waals surface area (Å²) in [4.78, 5) is 29.5. The summed E-state index contributed by atoms with van der Waals surface area (Å²) in [6.45, 7) is 5.63. The van der Waals surface area contributed by atoms with Gasteiger partial charge in [0.2, 0.25) is 11.9 Å². The van der Waals surface area contributed by atoms with Gasteiger partial charge in [0.25, 0.3) is 5.56 Å². The summed E-state index contributed by atoms with van der Waals surface area (Å²) in [5, 5.41) is 5.94. The monoisotopic (exact) mass is 392 g/mol. The van der Waals surface area contributed by atoms with Gasteiger partial charge in [0, 0.05) is 23.1 Å². The van der Waals surface area contributed by atoms with Gasteiger partial charge in [-0.1, -0.05) is 6.07 Å². The fourth-order valence-electron chi connectivity index (χ4n) is 2.84. The maximum Gasteiger partial charge on any atom is 0.255 e. The highest BCUT2D eigenvalue weighted by Crippen LogP contribution is 2.19. The fourth-order valence-corrected chi connectivity index (χ4v) is 2.84. The van der Waals surface area contributed by atoms with E-state index in [4.69, 9.17) is 4.74 Å². The zero-order chi connectivity index (χ0) is 21.0. The molecule has 0 atom stereocenters. The van der Waals surface area contributed by atoms with Crippen LogP contribution in [-0.4, -0.2) is 22.6 Å². The van der Waals surface area contributed by atoms with Gasteiger partial charge >= 0.3 is 0 Å². The summed E-state index contributed by atoms with van der Waals surface area (Å²) >= 11 is 0. The molecule has 0 aliphatic carbocycles. The molecule has 1 heterocycles. The molecule has 2 N–H and O–H groups in total. The molecule has 0 aliphatic rings. The number of carbonyl (C=O) groups is 1. The van der Waals surface area contributed by atoms with E-state index in [1.807, 2.05) is 32.0 Å². The fraction of sp³-hybridized carbons (Fsp3) is 0.227. The molecule has 0 saturated heterocycles. The van der Waals surface area contributed by atoms with Crippen molar-refractivity contribution < 1.29 is 9.53 Å². The van der Waals surface area contributed by atoms with E-state index < -0.39 is 0 Å². The van der Waals surface area contributed by atoms with Crippen LogP contribution in [0, 0.1) is 20.8 Å². The van der Waals surface area contributed by atoms with Crippen molar-refractivity contribution in [3.63, 3.8) is 0 Å². The molecule has 0 radical (unpaired) electrons. The number of hydrogen-bond acceptors (Lipinski definition) is 5. The third-order valence-electron chi connectivity index (χ3n) is 4.57. The van der Waals surface area contributed by atoms with E-state index in [1.165, 1.54) is 16.2 Å². The number of benzene rings is 2. The molecule has 2 aromatic carbocycles. The highest BCUT2D eigenvalue weighted by Gasteiger charge is 2.12. The van der Waals surface area contributed by atoms with Crippen molar-refractivity contribution >= 4 is 23.2 Å². The zero-order valence-electron chi connectivity index (χ0n) is 16.9. The van der Waals surface area contributed by atoms with Crippen molar-refractivity contribution in [3.8, 4) is 5.75 Å². The van der Waals surface area contributed by atoms with Crippen molar-refractivity contribution in [3.05, 3.63) is 75.7 Å². The standard InChI is InChI=1S/C22H24N4O3/c1-14-5-6-18(11-15(14)2)25-22-23-16(3)12-21(28)26(22)13-20(27)24-17-7-9-19(29-4)10-8-17/h5-12H,13H2,1-4H3,(H,23,25)(H,24,27). The number of ether oxygens (including phenoxy) is 1. The van der Waals surface area contributed by atoms with Gasteiger partial charge in [-0.25, -0.2) is 4.98 Å². The lowest BCUT2D eigenvalue weighted by Crippen LogP contribution is -2.30. The van der Waals surface area contributed by atoms with Crippen molar-refractivity contribution in [2.45, 2.75) is 27.3 Å². The quantitative estimate of drug-likeness (QED) is 0.670. The Kier molecular flexibility index (Phi) is 5.97. The Morgan fingerprint density at radius 3 is 2.34 bits per heavy atom. The molecule has 7 nitrogen and oxygen atoms in total. The molecule has 0 saturated carbocycles. The number of nitrogens with one attached hydrogen (secondary N) is 2. The molecular formula is C22H24N4O3. The Bertz CT molecular complexity index is 1090. The molecule has 0 fully saturated rings. The molecular weight excluding hydrogens is 368 g/mol. The predicted molar refractivity (Wildman–Crippen MR) is 114 cm³/mol. The van der Waals surface area contributed by atoms with Gasteiger partial charge in [-0.3, -0.25) is 14.2 Å². The Balaban J connectivity index is 1.83. The topological polar surface area (TPSA) is 85.2 Å². The smallest absolute Gasteiger partial charge is 0.255 e. The summed E-state index contributed by atoms with van der Waals surface area (Å²) in [6.07, 6.45) is 0. The third-order valence-corrected chi connectivity index (χ3v) is 4.57. The lowest BCUT2D eigenvalue weighted by atomic mass is 10.1. The van der Waals surface area contributed by atoms with Crippen LogP contribution < -0.4 is 20.9 Å². The van der Waals surface area contributed by atoms with Gasteiger partial charge in [0.1, 0.15) is 12.3 Å². The largest absolute Gasteiger partial charge is 0.497 e. The van der Waals surface area contributed by atoms with E-state index in [9.17, 15) is 9.59 Å². The highest BCUT2D eigenvalue weighted by molar-refractivity contribution is 5.90. The van der Waals surface area contributed by atoms with Crippen LogP contribution in [0.2, 0.25) is 0 Å². The van der Waals surface area contributed by atoms with Gasteiger partial charge in [-0.05, 0) is 68.3 Å². The lowest BCUT2D eigenvalue weighted by molar-refractivity contribution is -0.116. The van der Waals surface area contributed by atoms with E-state index in [1.54, 1.807) is 38.3 Å². The average Bonchev–Trinajstić information content (AvgIpc) is 2.68. The maximum absolute atomic E-state index is 12.5. The number of nitrogens with zero attached hydrogens (tertiary/aromatic N) is 2. The molecule has 3 aromatic rings. The van der Waals surface area contributed by atoms with E-state index in [0.717, 1.165) is 11.3 Å². The Labute approximate surface area is 169 Å². The Morgan fingerprint density at radius 2 is 1.69 bits per heavy atom. The predicted octanol–water partition coefficient (Wildman–Crippen LogP) is 3.56. The second kappa shape index (κ2) is 8.60. The number of methoxy groups -OCH3 is 1. The first kappa shape index (κ1) is 20.1. The van der Waals surface area contributed by atoms with Crippen LogP contribution in [0.4, 0.5) is 17.3 Å². The number of aryl methyl sites for hydroxylation is 3. The molecule has 29 heavy (non-hydrogen) atoms. The van der Waals surface area contributed by atoms with Gasteiger partial charge in [-0.15, -0.1) is 0 Å². The molecule has 0 bridgehead atoms. The number of aromatic nitrogens is 2. The number of amides is 1. The van der Waals surface area contributed by atoms with Gasteiger partial charge in [0.05, 0.1) is 7.11 Å². The summed E-state index contributed by atoms with van der Waals surface area (Å²) in [5.74, 6) is 0.691. The first-order valence-electron chi connectivity index (χ1n) is 9.22. The number of hydrogen-bond donors (Lipinski definition) is 2. The van der Waals surface area contributed by atoms with Crippen LogP contribution in [0.1, 0.15) is 16.8 Å². The summed E-state index contributed by atoms with van der Waals surface area (Å²) < 4.78 is 6.43. The Hall–Kier alpha value is -3.61. The summed E-state index contributed by atoms with van der Waals surface area (Å²) in [5.41, 5.74) is 3.99. The van der Waals surface area contributed by atoms with Crippen LogP contribution in [-0.2, 0) is 11.3 Å². The van der Waals surface area contributed by atoms with Gasteiger partial charge in [-0.2, -0.15) is 0 Å². The van der Waals surface area contributed by atoms with Crippen LogP contribution in [0.25, 0.3) is 0 Å². The average molecular weight is 392 g/mol. The SMILES string of the molecule is COc1ccc(NC(=O)Cn2c(Nc3ccc(C)c(C)c3)nc(C)cc2=O)cc1. The number of anilines is 3. The van der Waals surface area contributed by atoms with Crippen molar-refractivity contribution in [2.24, 2.45) is 0 Å². The van der Waals surface area contributed by atoms with Crippen LogP contribution >= 0.6 is 0 Å². The molecule has 1 aromatic heterocycles. The zero-order valence-corrected chi connectivity index (χ0v) is 16.9. The van der Waals surface area contributed by atoms with Crippen molar-refractivity contribution in [1.29, 1.82) is 0 Å². The van der Waals surface area contributed by atoms with Crippen LogP contribution in [0.3, 0.4) is 0 Å². The van der Waals surface area contributed by atoms with Gasteiger partial charge < -0.3 is 15.4 Å². The molecule has 0 spiro atoms. The molecule has 1 amide bonds. The third kappa shape index (κ3) is 5.01. The second-order valence-corrected chi connectivity index (χ2v) is 6.85. The minimum atomic E-state index is -0.328. The van der Waals surface area contributed by atoms with E-state index in [0.29, 0.717) is 23.1 Å². The first-order chi connectivity index (χ1) is 13.9. The molecule has 150 valence electrons.